The Kier molecular flexibility index (Phi) is 4.38. The number of amides is 1. The predicted octanol–water partition coefficient (Wildman–Crippen LogP) is 2.97. The normalized spacial score (nSPS) is 11.3. The summed E-state index contributed by atoms with van der Waals surface area (Å²) in [6, 6.07) is 9.96. The van der Waals surface area contributed by atoms with Crippen LogP contribution in [0.15, 0.2) is 30.3 Å². The van der Waals surface area contributed by atoms with Crippen molar-refractivity contribution in [3.05, 3.63) is 46.7 Å². The Bertz CT molecular complexity index is 808. The first-order chi connectivity index (χ1) is 11.1. The van der Waals surface area contributed by atoms with Crippen LogP contribution in [0.5, 0.6) is 0 Å². The summed E-state index contributed by atoms with van der Waals surface area (Å²) in [5, 5.41) is 13.1. The zero-order chi connectivity index (χ0) is 16.4. The molecule has 1 aromatic carbocycles. The van der Waals surface area contributed by atoms with Gasteiger partial charge in [-0.15, -0.1) is 15.3 Å². The quantitative estimate of drug-likeness (QED) is 0.722. The van der Waals surface area contributed by atoms with E-state index < -0.39 is 0 Å². The van der Waals surface area contributed by atoms with Crippen LogP contribution < -0.4 is 0 Å². The summed E-state index contributed by atoms with van der Waals surface area (Å²) in [7, 11) is 0. The molecule has 23 heavy (non-hydrogen) atoms. The first-order valence-electron chi connectivity index (χ1n) is 7.65. The molecule has 2 heterocycles. The molecule has 2 aromatic heterocycles. The second-order valence-electron chi connectivity index (χ2n) is 5.62. The van der Waals surface area contributed by atoms with Crippen molar-refractivity contribution in [3.8, 4) is 0 Å². The lowest BCUT2D eigenvalue weighted by molar-refractivity contribution is 0.0751. The molecule has 3 aromatic rings. The fraction of sp³-hybridized carbons (Fsp3) is 0.375. The van der Waals surface area contributed by atoms with Crippen molar-refractivity contribution in [1.82, 2.24) is 24.7 Å². The van der Waals surface area contributed by atoms with E-state index in [1.54, 1.807) is 9.42 Å². The number of benzene rings is 1. The van der Waals surface area contributed by atoms with Crippen LogP contribution in [0.25, 0.3) is 4.96 Å². The molecule has 7 heteroatoms. The molecular weight excluding hydrogens is 310 g/mol. The second kappa shape index (κ2) is 6.45. The molecule has 0 aliphatic rings. The minimum Gasteiger partial charge on any atom is -0.332 e. The summed E-state index contributed by atoms with van der Waals surface area (Å²) in [5.74, 6) is 0.921. The molecule has 0 atom stereocenters. The molecule has 3 rings (SSSR count). The number of rotatable bonds is 5. The SMILES string of the molecule is CCN(Cc1ccccc1)C(=O)c1nn2c(C(C)C)nnc2s1. The van der Waals surface area contributed by atoms with Crippen molar-refractivity contribution >= 4 is 22.2 Å². The molecule has 0 aliphatic heterocycles. The van der Waals surface area contributed by atoms with E-state index in [9.17, 15) is 4.79 Å². The largest absolute Gasteiger partial charge is 0.332 e. The van der Waals surface area contributed by atoms with Crippen molar-refractivity contribution in [2.45, 2.75) is 33.2 Å². The van der Waals surface area contributed by atoms with Gasteiger partial charge in [-0.1, -0.05) is 55.5 Å². The standard InChI is InChI=1S/C16H19N5OS/c1-4-20(10-12-8-6-5-7-9-12)15(22)14-19-21-13(11(2)3)17-18-16(21)23-14/h5-9,11H,4,10H2,1-3H3. The number of carbonyl (C=O) groups is 1. The van der Waals surface area contributed by atoms with Crippen LogP contribution in [0.1, 0.15) is 47.9 Å². The average molecular weight is 329 g/mol. The van der Waals surface area contributed by atoms with Gasteiger partial charge >= 0.3 is 0 Å². The van der Waals surface area contributed by atoms with Crippen molar-refractivity contribution in [3.63, 3.8) is 0 Å². The third-order valence-electron chi connectivity index (χ3n) is 3.60. The lowest BCUT2D eigenvalue weighted by Crippen LogP contribution is -2.30. The van der Waals surface area contributed by atoms with Crippen LogP contribution >= 0.6 is 11.3 Å². The van der Waals surface area contributed by atoms with Crippen molar-refractivity contribution in [2.75, 3.05) is 6.54 Å². The molecule has 0 spiro atoms. The highest BCUT2D eigenvalue weighted by molar-refractivity contribution is 7.18. The van der Waals surface area contributed by atoms with Gasteiger partial charge in [-0.25, -0.2) is 0 Å². The van der Waals surface area contributed by atoms with Crippen molar-refractivity contribution in [1.29, 1.82) is 0 Å². The van der Waals surface area contributed by atoms with E-state index in [0.717, 1.165) is 11.4 Å². The minimum absolute atomic E-state index is 0.0680. The molecule has 6 nitrogen and oxygen atoms in total. The van der Waals surface area contributed by atoms with Crippen LogP contribution in [0.2, 0.25) is 0 Å². The maximum atomic E-state index is 12.7. The molecule has 0 radical (unpaired) electrons. The molecule has 0 saturated carbocycles. The molecule has 0 fully saturated rings. The van der Waals surface area contributed by atoms with E-state index in [1.165, 1.54) is 11.3 Å². The number of hydrogen-bond acceptors (Lipinski definition) is 5. The Hall–Kier alpha value is -2.28. The van der Waals surface area contributed by atoms with Gasteiger partial charge in [-0.05, 0) is 12.5 Å². The van der Waals surface area contributed by atoms with Crippen molar-refractivity contribution in [2.24, 2.45) is 0 Å². The third kappa shape index (κ3) is 3.10. The highest BCUT2D eigenvalue weighted by Crippen LogP contribution is 2.20. The fourth-order valence-corrected chi connectivity index (χ4v) is 3.16. The van der Waals surface area contributed by atoms with E-state index in [1.807, 2.05) is 51.1 Å². The van der Waals surface area contributed by atoms with E-state index in [0.29, 0.717) is 23.1 Å². The topological polar surface area (TPSA) is 63.4 Å². The van der Waals surface area contributed by atoms with Crippen molar-refractivity contribution < 1.29 is 4.79 Å². The average Bonchev–Trinajstić information content (AvgIpc) is 3.13. The van der Waals surface area contributed by atoms with Gasteiger partial charge in [0, 0.05) is 19.0 Å². The minimum atomic E-state index is -0.0680. The predicted molar refractivity (Wildman–Crippen MR) is 89.6 cm³/mol. The Morgan fingerprint density at radius 3 is 2.65 bits per heavy atom. The number of aromatic nitrogens is 4. The zero-order valence-electron chi connectivity index (χ0n) is 13.4. The summed E-state index contributed by atoms with van der Waals surface area (Å²) in [6.07, 6.45) is 0. The molecule has 0 saturated heterocycles. The molecule has 0 aliphatic carbocycles. The molecule has 0 N–H and O–H groups in total. The Labute approximate surface area is 138 Å². The lowest BCUT2D eigenvalue weighted by Gasteiger charge is -2.19. The molecule has 0 unspecified atom stereocenters. The summed E-state index contributed by atoms with van der Waals surface area (Å²) in [6.45, 7) is 7.25. The van der Waals surface area contributed by atoms with E-state index in [2.05, 4.69) is 15.3 Å². The Morgan fingerprint density at radius 1 is 1.26 bits per heavy atom. The van der Waals surface area contributed by atoms with E-state index in [-0.39, 0.29) is 11.8 Å². The summed E-state index contributed by atoms with van der Waals surface area (Å²) in [5.41, 5.74) is 1.11. The van der Waals surface area contributed by atoms with Gasteiger partial charge < -0.3 is 4.90 Å². The smallest absolute Gasteiger partial charge is 0.285 e. The first kappa shape index (κ1) is 15.6. The van der Waals surface area contributed by atoms with Gasteiger partial charge in [-0.2, -0.15) is 4.52 Å². The Morgan fingerprint density at radius 2 is 2.00 bits per heavy atom. The third-order valence-corrected chi connectivity index (χ3v) is 4.49. The van der Waals surface area contributed by atoms with Crippen LogP contribution in [0, 0.1) is 0 Å². The zero-order valence-corrected chi connectivity index (χ0v) is 14.2. The maximum Gasteiger partial charge on any atom is 0.285 e. The molecule has 1 amide bonds. The number of nitrogens with zero attached hydrogens (tertiary/aromatic N) is 5. The van der Waals surface area contributed by atoms with Crippen LogP contribution in [0.3, 0.4) is 0 Å². The van der Waals surface area contributed by atoms with Gasteiger partial charge in [0.15, 0.2) is 5.82 Å². The van der Waals surface area contributed by atoms with E-state index >= 15 is 0 Å². The van der Waals surface area contributed by atoms with Gasteiger partial charge in [0.05, 0.1) is 0 Å². The first-order valence-corrected chi connectivity index (χ1v) is 8.47. The molecule has 0 bridgehead atoms. The van der Waals surface area contributed by atoms with E-state index in [4.69, 9.17) is 0 Å². The van der Waals surface area contributed by atoms with Gasteiger partial charge in [0.25, 0.3) is 5.91 Å². The van der Waals surface area contributed by atoms with Gasteiger partial charge in [0.1, 0.15) is 0 Å². The van der Waals surface area contributed by atoms with Gasteiger partial charge in [-0.3, -0.25) is 4.79 Å². The highest BCUT2D eigenvalue weighted by atomic mass is 32.1. The van der Waals surface area contributed by atoms with Gasteiger partial charge in [0.2, 0.25) is 9.97 Å². The maximum absolute atomic E-state index is 12.7. The van der Waals surface area contributed by atoms with Crippen LogP contribution in [-0.2, 0) is 6.54 Å². The lowest BCUT2D eigenvalue weighted by atomic mass is 10.2. The van der Waals surface area contributed by atoms with Crippen LogP contribution in [-0.4, -0.2) is 37.2 Å². The molecule has 120 valence electrons. The number of carbonyl (C=O) groups excluding carboxylic acids is 1. The molecular formula is C16H19N5OS. The van der Waals surface area contributed by atoms with Crippen LogP contribution in [0.4, 0.5) is 0 Å². The Balaban J connectivity index is 1.86. The highest BCUT2D eigenvalue weighted by Gasteiger charge is 2.22. The second-order valence-corrected chi connectivity index (χ2v) is 6.58. The number of fused-ring (bicyclic) bond motifs is 1. The summed E-state index contributed by atoms with van der Waals surface area (Å²) in [4.78, 5) is 15.2. The summed E-state index contributed by atoms with van der Waals surface area (Å²) < 4.78 is 1.68. The number of hydrogen-bond donors (Lipinski definition) is 0. The monoisotopic (exact) mass is 329 g/mol. The fourth-order valence-electron chi connectivity index (χ4n) is 2.34. The summed E-state index contributed by atoms with van der Waals surface area (Å²) >= 11 is 1.28.